The van der Waals surface area contributed by atoms with Crippen molar-refractivity contribution in [3.8, 4) is 0 Å². The van der Waals surface area contributed by atoms with Crippen LogP contribution < -0.4 is 5.32 Å². The number of nitrogens with one attached hydrogen (secondary N) is 1. The van der Waals surface area contributed by atoms with Gasteiger partial charge in [0.1, 0.15) is 5.54 Å². The minimum absolute atomic E-state index is 0.152. The lowest BCUT2D eigenvalue weighted by molar-refractivity contribution is -0.149. The summed E-state index contributed by atoms with van der Waals surface area (Å²) in [5.41, 5.74) is -0.323. The lowest BCUT2D eigenvalue weighted by Crippen LogP contribution is -2.55. The quantitative estimate of drug-likeness (QED) is 0.729. The Morgan fingerprint density at radius 1 is 1.35 bits per heavy atom. The van der Waals surface area contributed by atoms with Crippen LogP contribution in [0.3, 0.4) is 0 Å². The molecule has 1 aliphatic rings. The van der Waals surface area contributed by atoms with E-state index in [-0.39, 0.29) is 11.4 Å². The number of hydrogen-bond acceptors (Lipinski definition) is 4. The van der Waals surface area contributed by atoms with Crippen molar-refractivity contribution in [2.75, 3.05) is 20.7 Å². The molecule has 1 rings (SSSR count). The van der Waals surface area contributed by atoms with E-state index in [9.17, 15) is 4.79 Å². The molecule has 0 aromatic heterocycles. The highest BCUT2D eigenvalue weighted by Crippen LogP contribution is 2.27. The zero-order valence-electron chi connectivity index (χ0n) is 14.2. The Kier molecular flexibility index (Phi) is 5.61. The summed E-state index contributed by atoms with van der Waals surface area (Å²) in [6.07, 6.45) is 3.10. The molecule has 1 saturated carbocycles. The molecule has 0 aromatic carbocycles. The average molecular weight is 284 g/mol. The molecule has 4 heteroatoms. The van der Waals surface area contributed by atoms with Crippen molar-refractivity contribution in [3.63, 3.8) is 0 Å². The van der Waals surface area contributed by atoms with Crippen LogP contribution in [0.4, 0.5) is 0 Å². The molecule has 0 spiro atoms. The van der Waals surface area contributed by atoms with Gasteiger partial charge in [0, 0.05) is 18.6 Å². The highest BCUT2D eigenvalue weighted by Gasteiger charge is 2.41. The monoisotopic (exact) mass is 284 g/mol. The van der Waals surface area contributed by atoms with Gasteiger partial charge in [-0.05, 0) is 45.6 Å². The summed E-state index contributed by atoms with van der Waals surface area (Å²) < 4.78 is 5.01. The Bertz CT molecular complexity index is 334. The Morgan fingerprint density at radius 3 is 2.30 bits per heavy atom. The van der Waals surface area contributed by atoms with Crippen LogP contribution in [0.25, 0.3) is 0 Å². The largest absolute Gasteiger partial charge is 0.468 e. The van der Waals surface area contributed by atoms with E-state index in [1.54, 1.807) is 0 Å². The summed E-state index contributed by atoms with van der Waals surface area (Å²) in [5, 5.41) is 3.47. The molecule has 0 saturated heterocycles. The predicted octanol–water partition coefficient (Wildman–Crippen LogP) is 2.43. The highest BCUT2D eigenvalue weighted by atomic mass is 16.5. The van der Waals surface area contributed by atoms with Crippen molar-refractivity contribution >= 4 is 5.97 Å². The van der Waals surface area contributed by atoms with Crippen molar-refractivity contribution in [2.45, 2.75) is 71.5 Å². The molecule has 1 N–H and O–H groups in total. The van der Waals surface area contributed by atoms with E-state index in [4.69, 9.17) is 4.74 Å². The molecule has 0 bridgehead atoms. The summed E-state index contributed by atoms with van der Waals surface area (Å²) in [5.74, 6) is -0.152. The van der Waals surface area contributed by atoms with Crippen LogP contribution in [-0.2, 0) is 9.53 Å². The number of nitrogens with zero attached hydrogens (tertiary/aromatic N) is 1. The number of carbonyl (C=O) groups excluding carboxylic acids is 1. The molecule has 2 unspecified atom stereocenters. The van der Waals surface area contributed by atoms with E-state index in [1.165, 1.54) is 20.0 Å². The van der Waals surface area contributed by atoms with E-state index in [1.807, 2.05) is 6.92 Å². The lowest BCUT2D eigenvalue weighted by atomic mass is 9.90. The Balaban J connectivity index is 2.65. The SMILES string of the molecule is COC(=O)C(C)(CC(C)N(C)CC(C)(C)C)NC1CC1. The van der Waals surface area contributed by atoms with Gasteiger partial charge < -0.3 is 9.64 Å². The van der Waals surface area contributed by atoms with E-state index in [0.717, 1.165) is 13.0 Å². The fraction of sp³-hybridized carbons (Fsp3) is 0.938. The molecule has 1 fully saturated rings. The molecule has 1 aliphatic carbocycles. The molecule has 4 nitrogen and oxygen atoms in total. The van der Waals surface area contributed by atoms with Gasteiger partial charge in [0.25, 0.3) is 0 Å². The second kappa shape index (κ2) is 6.44. The van der Waals surface area contributed by atoms with Crippen LogP contribution in [0.1, 0.15) is 53.9 Å². The van der Waals surface area contributed by atoms with Crippen LogP contribution in [-0.4, -0.2) is 49.2 Å². The predicted molar refractivity (Wildman–Crippen MR) is 82.7 cm³/mol. The van der Waals surface area contributed by atoms with Crippen LogP contribution in [0, 0.1) is 5.41 Å². The van der Waals surface area contributed by atoms with Gasteiger partial charge in [0.05, 0.1) is 7.11 Å². The fourth-order valence-electron chi connectivity index (χ4n) is 2.76. The Morgan fingerprint density at radius 2 is 1.90 bits per heavy atom. The molecule has 0 aliphatic heterocycles. The van der Waals surface area contributed by atoms with Gasteiger partial charge in [-0.1, -0.05) is 20.8 Å². The summed E-state index contributed by atoms with van der Waals surface area (Å²) in [6, 6.07) is 0.809. The van der Waals surface area contributed by atoms with Gasteiger partial charge in [-0.25, -0.2) is 0 Å². The van der Waals surface area contributed by atoms with Crippen molar-refractivity contribution in [3.05, 3.63) is 0 Å². The standard InChI is InChI=1S/C16H32N2O2/c1-12(18(6)11-15(2,3)4)10-16(5,14(19)20-7)17-13-8-9-13/h12-13,17H,8-11H2,1-7H3. The van der Waals surface area contributed by atoms with Crippen LogP contribution in [0.15, 0.2) is 0 Å². The average Bonchev–Trinajstić information content (AvgIpc) is 3.09. The van der Waals surface area contributed by atoms with Crippen LogP contribution in [0.2, 0.25) is 0 Å². The second-order valence-corrected chi connectivity index (χ2v) is 7.77. The maximum Gasteiger partial charge on any atom is 0.325 e. The van der Waals surface area contributed by atoms with E-state index in [2.05, 4.69) is 45.0 Å². The molecule has 118 valence electrons. The fourth-order valence-corrected chi connectivity index (χ4v) is 2.76. The first-order valence-corrected chi connectivity index (χ1v) is 7.64. The van der Waals surface area contributed by atoms with Gasteiger partial charge in [-0.2, -0.15) is 0 Å². The number of ether oxygens (including phenoxy) is 1. The molecular formula is C16H32N2O2. The van der Waals surface area contributed by atoms with Crippen LogP contribution in [0.5, 0.6) is 0 Å². The van der Waals surface area contributed by atoms with Gasteiger partial charge in [0.2, 0.25) is 0 Å². The van der Waals surface area contributed by atoms with Gasteiger partial charge in [-0.15, -0.1) is 0 Å². The Hall–Kier alpha value is -0.610. The molecule has 0 aromatic rings. The van der Waals surface area contributed by atoms with Gasteiger partial charge in [0.15, 0.2) is 0 Å². The minimum Gasteiger partial charge on any atom is -0.468 e. The second-order valence-electron chi connectivity index (χ2n) is 7.77. The molecule has 20 heavy (non-hydrogen) atoms. The first kappa shape index (κ1) is 17.4. The minimum atomic E-state index is -0.582. The number of rotatable bonds is 7. The zero-order valence-corrected chi connectivity index (χ0v) is 14.2. The number of methoxy groups -OCH3 is 1. The Labute approximate surface area is 124 Å². The highest BCUT2D eigenvalue weighted by molar-refractivity contribution is 5.80. The summed E-state index contributed by atoms with van der Waals surface area (Å²) in [7, 11) is 3.60. The number of carbonyl (C=O) groups is 1. The van der Waals surface area contributed by atoms with Crippen molar-refractivity contribution in [1.82, 2.24) is 10.2 Å². The molecule has 0 radical (unpaired) electrons. The third-order valence-corrected chi connectivity index (χ3v) is 3.92. The normalized spacial score (nSPS) is 20.6. The third kappa shape index (κ3) is 5.41. The molecule has 2 atom stereocenters. The molecular weight excluding hydrogens is 252 g/mol. The maximum atomic E-state index is 12.1. The van der Waals surface area contributed by atoms with Crippen molar-refractivity contribution in [2.24, 2.45) is 5.41 Å². The van der Waals surface area contributed by atoms with Crippen LogP contribution >= 0.6 is 0 Å². The summed E-state index contributed by atoms with van der Waals surface area (Å²) >= 11 is 0. The summed E-state index contributed by atoms with van der Waals surface area (Å²) in [4.78, 5) is 14.5. The van der Waals surface area contributed by atoms with Crippen molar-refractivity contribution in [1.29, 1.82) is 0 Å². The topological polar surface area (TPSA) is 41.6 Å². The van der Waals surface area contributed by atoms with E-state index in [0.29, 0.717) is 12.1 Å². The number of esters is 1. The first-order chi connectivity index (χ1) is 9.07. The lowest BCUT2D eigenvalue weighted by Gasteiger charge is -2.37. The van der Waals surface area contributed by atoms with Gasteiger partial charge >= 0.3 is 5.97 Å². The zero-order chi connectivity index (χ0) is 15.6. The third-order valence-electron chi connectivity index (χ3n) is 3.92. The van der Waals surface area contributed by atoms with Crippen molar-refractivity contribution < 1.29 is 9.53 Å². The number of hydrogen-bond donors (Lipinski definition) is 1. The van der Waals surface area contributed by atoms with Gasteiger partial charge in [-0.3, -0.25) is 10.1 Å². The summed E-state index contributed by atoms with van der Waals surface area (Å²) in [6.45, 7) is 11.9. The van der Waals surface area contributed by atoms with E-state index < -0.39 is 5.54 Å². The first-order valence-electron chi connectivity index (χ1n) is 7.64. The molecule has 0 amide bonds. The van der Waals surface area contributed by atoms with E-state index >= 15 is 0 Å². The molecule has 0 heterocycles. The smallest absolute Gasteiger partial charge is 0.325 e. The maximum absolute atomic E-state index is 12.1.